The molecule has 0 radical (unpaired) electrons. The van der Waals surface area contributed by atoms with Crippen LogP contribution >= 0.6 is 128 Å². The largest absolute Gasteiger partial charge is 0.458 e. The molecule has 0 aliphatic carbocycles. The molecule has 14 atom stereocenters. The predicted molar refractivity (Wildman–Crippen MR) is 261 cm³/mol. The van der Waals surface area contributed by atoms with Crippen molar-refractivity contribution in [2.24, 2.45) is 0 Å². The number of hydrogen-bond donors (Lipinski definition) is 5. The van der Waals surface area contributed by atoms with Crippen molar-refractivity contribution in [3.05, 3.63) is 12.2 Å². The molecular weight excluding hydrogens is 1060 g/mol. The van der Waals surface area contributed by atoms with Crippen molar-refractivity contribution in [3.63, 3.8) is 0 Å². The molecule has 0 saturated heterocycles. The summed E-state index contributed by atoms with van der Waals surface area (Å²) >= 11 is 70.4. The second-order valence-electron chi connectivity index (χ2n) is 15.8. The molecule has 62 heavy (non-hydrogen) atoms. The Morgan fingerprint density at radius 3 is 1.68 bits per heavy atom. The van der Waals surface area contributed by atoms with E-state index in [0.29, 0.717) is 6.42 Å². The van der Waals surface area contributed by atoms with Crippen LogP contribution < -0.4 is 0 Å². The van der Waals surface area contributed by atoms with Gasteiger partial charge in [0.05, 0.1) is 79.4 Å². The van der Waals surface area contributed by atoms with E-state index < -0.39 is 107 Å². The fraction of sp³-hybridized carbons (Fsp3) is 0.925. The van der Waals surface area contributed by atoms with Gasteiger partial charge in [-0.2, -0.15) is 8.42 Å². The number of alkyl halides is 11. The zero-order valence-electron chi connectivity index (χ0n) is 35.2. The Hall–Kier alpha value is 2.11. The highest BCUT2D eigenvalue weighted by Crippen LogP contribution is 2.38. The first kappa shape index (κ1) is 64.1. The van der Waals surface area contributed by atoms with Crippen LogP contribution in [-0.4, -0.2) is 129 Å². The van der Waals surface area contributed by atoms with Gasteiger partial charge in [0.25, 0.3) is 0 Å². The summed E-state index contributed by atoms with van der Waals surface area (Å²) in [5.41, 5.74) is 0. The Bertz CT molecular complexity index is 1310. The van der Waals surface area contributed by atoms with E-state index in [1.54, 1.807) is 19.1 Å². The van der Waals surface area contributed by atoms with Crippen LogP contribution in [0, 0.1) is 0 Å². The number of halogens is 11. The zero-order chi connectivity index (χ0) is 47.6. The van der Waals surface area contributed by atoms with E-state index in [0.717, 1.165) is 25.7 Å². The van der Waals surface area contributed by atoms with Crippen molar-refractivity contribution in [3.8, 4) is 0 Å². The normalized spacial score (nSPS) is 19.7. The fourth-order valence-corrected chi connectivity index (χ4v) is 10.6. The van der Waals surface area contributed by atoms with Crippen LogP contribution in [0.3, 0.4) is 0 Å². The Balaban J connectivity index is 5.06. The minimum absolute atomic E-state index is 0.0268. The minimum Gasteiger partial charge on any atom is -0.458 e. The van der Waals surface area contributed by atoms with E-state index in [1.165, 1.54) is 57.8 Å². The number of allylic oxidation sites excluding steroid dienone is 1. The van der Waals surface area contributed by atoms with Crippen molar-refractivity contribution in [2.75, 3.05) is 6.61 Å². The number of ether oxygens (including phenoxy) is 1. The van der Waals surface area contributed by atoms with Gasteiger partial charge in [-0.3, -0.25) is 9.35 Å². The molecule has 0 bridgehead atoms. The van der Waals surface area contributed by atoms with Crippen LogP contribution in [0.1, 0.15) is 136 Å². The zero-order valence-corrected chi connectivity index (χ0v) is 44.4. The lowest BCUT2D eigenvalue weighted by Crippen LogP contribution is -2.49. The Kier molecular flexibility index (Phi) is 36.4. The lowest BCUT2D eigenvalue weighted by atomic mass is 9.97. The summed E-state index contributed by atoms with van der Waals surface area (Å²) in [4.78, 5) is 12.4. The van der Waals surface area contributed by atoms with Crippen LogP contribution in [0.2, 0.25) is 0 Å². The number of aliphatic hydroxyl groups excluding tert-OH is 4. The number of rotatable bonds is 38. The Morgan fingerprint density at radius 2 is 1.18 bits per heavy atom. The van der Waals surface area contributed by atoms with E-state index >= 15 is 0 Å². The molecule has 0 aliphatic rings. The second kappa shape index (κ2) is 35.2. The number of hydrogen-bond acceptors (Lipinski definition) is 9. The van der Waals surface area contributed by atoms with Crippen molar-refractivity contribution in [2.45, 2.75) is 219 Å². The van der Waals surface area contributed by atoms with Gasteiger partial charge in [-0.1, -0.05) is 90.0 Å². The van der Waals surface area contributed by atoms with E-state index in [2.05, 4.69) is 6.92 Å². The molecule has 10 nitrogen and oxygen atoms in total. The molecule has 0 aromatic heterocycles. The first-order valence-electron chi connectivity index (χ1n) is 21.2. The average Bonchev–Trinajstić information content (AvgIpc) is 3.20. The van der Waals surface area contributed by atoms with E-state index in [1.807, 2.05) is 0 Å². The molecule has 5 N–H and O–H groups in total. The molecule has 370 valence electrons. The number of esters is 1. The maximum atomic E-state index is 12.4. The number of carbonyl (C=O) groups excluding carboxylic acids is 1. The minimum atomic E-state index is -5.08. The van der Waals surface area contributed by atoms with Gasteiger partial charge >= 0.3 is 16.4 Å². The third kappa shape index (κ3) is 29.2. The highest BCUT2D eigenvalue weighted by Gasteiger charge is 2.43. The van der Waals surface area contributed by atoms with Crippen LogP contribution in [0.5, 0.6) is 0 Å². The van der Waals surface area contributed by atoms with Gasteiger partial charge in [-0.05, 0) is 51.5 Å². The molecule has 0 saturated carbocycles. The predicted octanol–water partition coefficient (Wildman–Crippen LogP) is 11.8. The van der Waals surface area contributed by atoms with Crippen molar-refractivity contribution < 1.29 is 47.1 Å². The summed E-state index contributed by atoms with van der Waals surface area (Å²) in [7, 11) is -5.08. The summed E-state index contributed by atoms with van der Waals surface area (Å²) in [6, 6.07) is 0. The van der Waals surface area contributed by atoms with Gasteiger partial charge < -0.3 is 25.2 Å². The summed E-state index contributed by atoms with van der Waals surface area (Å²) in [6.07, 6.45) is 12.0. The highest BCUT2D eigenvalue weighted by atomic mass is 35.5. The van der Waals surface area contributed by atoms with Crippen LogP contribution in [0.25, 0.3) is 0 Å². The van der Waals surface area contributed by atoms with Crippen LogP contribution in [0.15, 0.2) is 12.2 Å². The van der Waals surface area contributed by atoms with Crippen molar-refractivity contribution in [1.82, 2.24) is 0 Å². The SMILES string of the molecule is CCCCCCCCCCCCCCCC(=O)OC(C)C=CCC(Cl)C(Cl)C(CC(Cl)C(Cl)C(O)C(Cl)C(Cl)C(Cl)C(O)C(Cl)CC(Cl)(Cl)CCC(Cl)C(O)CO)OS(=O)(=O)O. The summed E-state index contributed by atoms with van der Waals surface area (Å²) in [5, 5.41) is 29.2. The Morgan fingerprint density at radius 1 is 0.677 bits per heavy atom. The Labute approximate surface area is 425 Å². The quantitative estimate of drug-likeness (QED) is 0.0132. The molecular formula is C40H67Cl11O10S. The van der Waals surface area contributed by atoms with Gasteiger partial charge in [0, 0.05) is 6.42 Å². The third-order valence-corrected chi connectivity index (χ3v) is 16.4. The molecule has 0 spiro atoms. The van der Waals surface area contributed by atoms with Gasteiger partial charge in [0.1, 0.15) is 10.4 Å². The molecule has 22 heteroatoms. The van der Waals surface area contributed by atoms with E-state index in [-0.39, 0.29) is 31.7 Å². The molecule has 0 amide bonds. The molecule has 0 aromatic carbocycles. The smallest absolute Gasteiger partial charge is 0.397 e. The summed E-state index contributed by atoms with van der Waals surface area (Å²) < 4.78 is 41.8. The molecule has 0 aliphatic heterocycles. The van der Waals surface area contributed by atoms with Gasteiger partial charge in [0.2, 0.25) is 0 Å². The monoisotopic (exact) mass is 1120 g/mol. The number of carbonyl (C=O) groups is 1. The van der Waals surface area contributed by atoms with Gasteiger partial charge in [-0.25, -0.2) is 4.18 Å². The molecule has 14 unspecified atom stereocenters. The maximum Gasteiger partial charge on any atom is 0.397 e. The summed E-state index contributed by atoms with van der Waals surface area (Å²) in [5.74, 6) is -0.324. The van der Waals surface area contributed by atoms with E-state index in [4.69, 9.17) is 142 Å². The molecule has 0 heterocycles. The number of unbranched alkanes of at least 4 members (excludes halogenated alkanes) is 12. The third-order valence-electron chi connectivity index (χ3n) is 10.2. The lowest BCUT2D eigenvalue weighted by molar-refractivity contribution is -0.146. The van der Waals surface area contributed by atoms with Crippen LogP contribution in [0.4, 0.5) is 0 Å². The summed E-state index contributed by atoms with van der Waals surface area (Å²) in [6.45, 7) is 3.35. The molecule has 0 rings (SSSR count). The van der Waals surface area contributed by atoms with Crippen molar-refractivity contribution >= 4 is 144 Å². The lowest BCUT2D eigenvalue weighted by Gasteiger charge is -2.34. The highest BCUT2D eigenvalue weighted by molar-refractivity contribution is 7.80. The van der Waals surface area contributed by atoms with Crippen molar-refractivity contribution in [1.29, 1.82) is 0 Å². The molecule has 0 fully saturated rings. The fourth-order valence-electron chi connectivity index (χ4n) is 6.39. The standard InChI is InChI=1S/C40H67Cl11O10S/c1-3-4-5-6-7-8-9-10-11-12-13-14-15-19-32(54)60-25(2)17-16-18-27(42)33(45)31(61-62(57,58)59)22-28(43)34(46)39(56)37(49)35(47)36(48)38(55)29(44)23-40(50,51)21-20-26(41)30(53)24-52/h16-17,25-31,33-39,52-53,55-56H,3-15,18-24H2,1-2H3,(H,57,58,59). The molecule has 0 aromatic rings. The first-order chi connectivity index (χ1) is 28.9. The maximum absolute atomic E-state index is 12.4. The topological polar surface area (TPSA) is 171 Å². The second-order valence-corrected chi connectivity index (χ2v) is 23.2. The van der Waals surface area contributed by atoms with Gasteiger partial charge in [-0.15, -0.1) is 128 Å². The van der Waals surface area contributed by atoms with Crippen LogP contribution in [-0.2, 0) is 24.1 Å². The number of aliphatic hydroxyl groups is 4. The first-order valence-corrected chi connectivity index (χ1v) is 27.2. The van der Waals surface area contributed by atoms with E-state index in [9.17, 15) is 33.1 Å². The average molecular weight is 1130 g/mol. The van der Waals surface area contributed by atoms with Gasteiger partial charge in [0.15, 0.2) is 0 Å².